The van der Waals surface area contributed by atoms with Crippen LogP contribution in [-0.2, 0) is 27.9 Å². The summed E-state index contributed by atoms with van der Waals surface area (Å²) in [4.78, 5) is 15.9. The summed E-state index contributed by atoms with van der Waals surface area (Å²) in [6.45, 7) is 5.13. The van der Waals surface area contributed by atoms with Crippen molar-refractivity contribution in [3.05, 3.63) is 83.4 Å². The van der Waals surface area contributed by atoms with E-state index in [9.17, 15) is 13.2 Å². The molecule has 0 bridgehead atoms. The Labute approximate surface area is 230 Å². The van der Waals surface area contributed by atoms with Crippen molar-refractivity contribution in [3.63, 3.8) is 0 Å². The van der Waals surface area contributed by atoms with Crippen molar-refractivity contribution in [3.8, 4) is 11.5 Å². The zero-order chi connectivity index (χ0) is 27.4. The summed E-state index contributed by atoms with van der Waals surface area (Å²) in [6, 6.07) is 19.7. The standard InChI is InChI=1S/C30H35N3O5S/c1-22-10-15-28-27(18-22)33(39(35,36)26-13-11-25(37-2)12-14-26)21-29(38-28)30(34)31-19-23-8-4-5-9-24(23)20-32-16-6-3-7-17-32/h4-5,8-15,18,29H,3,6-7,16-17,19-21H2,1-2H3,(H,31,34). The third kappa shape index (κ3) is 6.04. The lowest BCUT2D eigenvalue weighted by atomic mass is 10.0. The molecule has 1 amide bonds. The average Bonchev–Trinajstić information content (AvgIpc) is 2.96. The van der Waals surface area contributed by atoms with Crippen molar-refractivity contribution in [2.45, 2.75) is 50.3 Å². The van der Waals surface area contributed by atoms with Gasteiger partial charge in [-0.15, -0.1) is 0 Å². The van der Waals surface area contributed by atoms with E-state index in [-0.39, 0.29) is 17.3 Å². The second-order valence-electron chi connectivity index (χ2n) is 10.1. The molecule has 39 heavy (non-hydrogen) atoms. The Bertz CT molecular complexity index is 1420. The number of nitrogens with zero attached hydrogens (tertiary/aromatic N) is 2. The molecule has 206 valence electrons. The molecule has 1 atom stereocenters. The number of nitrogens with one attached hydrogen (secondary N) is 1. The molecule has 2 aliphatic rings. The van der Waals surface area contributed by atoms with E-state index in [4.69, 9.17) is 9.47 Å². The number of hydrogen-bond donors (Lipinski definition) is 1. The van der Waals surface area contributed by atoms with Crippen LogP contribution in [0.15, 0.2) is 71.6 Å². The minimum atomic E-state index is -3.96. The maximum atomic E-state index is 13.7. The van der Waals surface area contributed by atoms with E-state index in [2.05, 4.69) is 16.3 Å². The SMILES string of the molecule is COc1ccc(S(=O)(=O)N2CC(C(=O)NCc3ccccc3CN3CCCCC3)Oc3ccc(C)cc32)cc1. The van der Waals surface area contributed by atoms with E-state index in [0.717, 1.165) is 30.8 Å². The molecule has 2 heterocycles. The molecule has 0 saturated carbocycles. The number of carbonyl (C=O) groups excluding carboxylic acids is 1. The average molecular weight is 550 g/mol. The summed E-state index contributed by atoms with van der Waals surface area (Å²) in [5.74, 6) is 0.559. The van der Waals surface area contributed by atoms with Gasteiger partial charge >= 0.3 is 0 Å². The fourth-order valence-electron chi connectivity index (χ4n) is 5.14. The van der Waals surface area contributed by atoms with Gasteiger partial charge in [0.25, 0.3) is 15.9 Å². The number of amides is 1. The molecule has 1 saturated heterocycles. The normalized spacial score (nSPS) is 17.7. The summed E-state index contributed by atoms with van der Waals surface area (Å²) in [6.07, 6.45) is 2.72. The first kappa shape index (κ1) is 27.0. The molecule has 1 fully saturated rings. The van der Waals surface area contributed by atoms with Crippen LogP contribution >= 0.6 is 0 Å². The summed E-state index contributed by atoms with van der Waals surface area (Å²) >= 11 is 0. The fraction of sp³-hybridized carbons (Fsp3) is 0.367. The zero-order valence-corrected chi connectivity index (χ0v) is 23.2. The summed E-state index contributed by atoms with van der Waals surface area (Å²) < 4.78 is 40.0. The highest BCUT2D eigenvalue weighted by Gasteiger charge is 2.37. The molecule has 5 rings (SSSR count). The van der Waals surface area contributed by atoms with Gasteiger partial charge in [0, 0.05) is 13.1 Å². The summed E-state index contributed by atoms with van der Waals surface area (Å²) in [7, 11) is -2.43. The highest BCUT2D eigenvalue weighted by molar-refractivity contribution is 7.92. The Balaban J connectivity index is 1.34. The molecule has 0 radical (unpaired) electrons. The smallest absolute Gasteiger partial charge is 0.264 e. The number of hydrogen-bond acceptors (Lipinski definition) is 6. The molecule has 1 unspecified atom stereocenters. The number of likely N-dealkylation sites (tertiary alicyclic amines) is 1. The monoisotopic (exact) mass is 549 g/mol. The highest BCUT2D eigenvalue weighted by Crippen LogP contribution is 2.38. The molecule has 1 N–H and O–H groups in total. The van der Waals surface area contributed by atoms with Gasteiger partial charge in [-0.05, 0) is 85.9 Å². The van der Waals surface area contributed by atoms with Gasteiger partial charge in [-0.3, -0.25) is 14.0 Å². The fourth-order valence-corrected chi connectivity index (χ4v) is 6.61. The largest absolute Gasteiger partial charge is 0.497 e. The van der Waals surface area contributed by atoms with E-state index in [1.54, 1.807) is 24.3 Å². The molecule has 0 spiro atoms. The van der Waals surface area contributed by atoms with Crippen LogP contribution in [0.3, 0.4) is 0 Å². The van der Waals surface area contributed by atoms with Gasteiger partial charge in [-0.25, -0.2) is 8.42 Å². The van der Waals surface area contributed by atoms with Crippen LogP contribution in [0.2, 0.25) is 0 Å². The topological polar surface area (TPSA) is 88.2 Å². The summed E-state index contributed by atoms with van der Waals surface area (Å²) in [5.41, 5.74) is 3.54. The van der Waals surface area contributed by atoms with Gasteiger partial charge in [-0.2, -0.15) is 0 Å². The number of fused-ring (bicyclic) bond motifs is 1. The van der Waals surface area contributed by atoms with Crippen molar-refractivity contribution in [2.75, 3.05) is 31.0 Å². The Hall–Kier alpha value is -3.56. The third-order valence-electron chi connectivity index (χ3n) is 7.34. The Morgan fingerprint density at radius 2 is 1.72 bits per heavy atom. The first-order valence-electron chi connectivity index (χ1n) is 13.4. The van der Waals surface area contributed by atoms with Crippen LogP contribution in [-0.4, -0.2) is 52.1 Å². The van der Waals surface area contributed by atoms with Gasteiger partial charge in [0.05, 0.1) is 24.2 Å². The van der Waals surface area contributed by atoms with Gasteiger partial charge in [0.15, 0.2) is 6.10 Å². The van der Waals surface area contributed by atoms with Crippen molar-refractivity contribution >= 4 is 21.6 Å². The van der Waals surface area contributed by atoms with Crippen LogP contribution in [0.25, 0.3) is 0 Å². The van der Waals surface area contributed by atoms with Gasteiger partial charge in [0.2, 0.25) is 0 Å². The molecule has 8 nitrogen and oxygen atoms in total. The van der Waals surface area contributed by atoms with Crippen molar-refractivity contribution in [1.82, 2.24) is 10.2 Å². The summed E-state index contributed by atoms with van der Waals surface area (Å²) in [5, 5.41) is 2.99. The van der Waals surface area contributed by atoms with Crippen LogP contribution in [0.5, 0.6) is 11.5 Å². The number of benzene rings is 3. The van der Waals surface area contributed by atoms with E-state index in [1.165, 1.54) is 48.4 Å². The predicted octanol–water partition coefficient (Wildman–Crippen LogP) is 4.26. The van der Waals surface area contributed by atoms with Crippen molar-refractivity contribution in [2.24, 2.45) is 0 Å². The number of methoxy groups -OCH3 is 1. The lowest BCUT2D eigenvalue weighted by molar-refractivity contribution is -0.127. The molecule has 0 aliphatic carbocycles. The number of ether oxygens (including phenoxy) is 2. The molecule has 3 aromatic rings. The quantitative estimate of drug-likeness (QED) is 0.452. The first-order chi connectivity index (χ1) is 18.8. The van der Waals surface area contributed by atoms with E-state index in [1.807, 2.05) is 31.2 Å². The van der Waals surface area contributed by atoms with E-state index < -0.39 is 16.1 Å². The number of carbonyl (C=O) groups is 1. The molecule has 3 aromatic carbocycles. The van der Waals surface area contributed by atoms with Crippen LogP contribution in [0.4, 0.5) is 5.69 Å². The molecular weight excluding hydrogens is 514 g/mol. The number of anilines is 1. The van der Waals surface area contributed by atoms with E-state index in [0.29, 0.717) is 23.7 Å². The number of sulfonamides is 1. The van der Waals surface area contributed by atoms with Gasteiger partial charge in [-0.1, -0.05) is 36.8 Å². The minimum absolute atomic E-state index is 0.114. The first-order valence-corrected chi connectivity index (χ1v) is 14.8. The second kappa shape index (κ2) is 11.7. The molecule has 9 heteroatoms. The van der Waals surface area contributed by atoms with Gasteiger partial charge < -0.3 is 14.8 Å². The maximum Gasteiger partial charge on any atom is 0.264 e. The molecule has 2 aliphatic heterocycles. The number of piperidine rings is 1. The predicted molar refractivity (Wildman–Crippen MR) is 151 cm³/mol. The van der Waals surface area contributed by atoms with Crippen LogP contribution in [0.1, 0.15) is 36.0 Å². The zero-order valence-electron chi connectivity index (χ0n) is 22.4. The number of aryl methyl sites for hydroxylation is 1. The molecule has 0 aromatic heterocycles. The van der Waals surface area contributed by atoms with Crippen LogP contribution in [0, 0.1) is 6.92 Å². The number of rotatable bonds is 8. The van der Waals surface area contributed by atoms with Gasteiger partial charge in [0.1, 0.15) is 11.5 Å². The van der Waals surface area contributed by atoms with E-state index >= 15 is 0 Å². The van der Waals surface area contributed by atoms with Crippen molar-refractivity contribution < 1.29 is 22.7 Å². The molecular formula is C30H35N3O5S. The third-order valence-corrected chi connectivity index (χ3v) is 9.13. The second-order valence-corrected chi connectivity index (χ2v) is 12.0. The van der Waals surface area contributed by atoms with Crippen LogP contribution < -0.4 is 19.1 Å². The van der Waals surface area contributed by atoms with Crippen molar-refractivity contribution in [1.29, 1.82) is 0 Å². The Morgan fingerprint density at radius 3 is 2.44 bits per heavy atom. The Morgan fingerprint density at radius 1 is 1.00 bits per heavy atom. The minimum Gasteiger partial charge on any atom is -0.497 e. The maximum absolute atomic E-state index is 13.7. The highest BCUT2D eigenvalue weighted by atomic mass is 32.2. The lowest BCUT2D eigenvalue weighted by Crippen LogP contribution is -2.50. The lowest BCUT2D eigenvalue weighted by Gasteiger charge is -2.35. The Kier molecular flexibility index (Phi) is 8.09.